The maximum Gasteiger partial charge on any atom is 0.408 e. The fourth-order valence-corrected chi connectivity index (χ4v) is 4.31. The Balaban J connectivity index is 1.35. The number of carbonyl (C=O) groups excluding carboxylic acids is 2. The second kappa shape index (κ2) is 9.85. The Bertz CT molecular complexity index is 1430. The number of esters is 1. The van der Waals surface area contributed by atoms with Crippen LogP contribution in [0, 0.1) is 0 Å². The normalized spacial score (nSPS) is 13.1. The molecule has 1 aliphatic rings. The first-order valence-electron chi connectivity index (χ1n) is 11.4. The van der Waals surface area contributed by atoms with Crippen molar-refractivity contribution >= 4 is 23.0 Å². The van der Waals surface area contributed by atoms with E-state index in [1.807, 2.05) is 36.4 Å². The van der Waals surface area contributed by atoms with E-state index in [0.717, 1.165) is 41.3 Å². The summed E-state index contributed by atoms with van der Waals surface area (Å²) in [5, 5.41) is 3.44. The van der Waals surface area contributed by atoms with E-state index in [2.05, 4.69) is 5.32 Å². The Labute approximate surface area is 201 Å². The minimum atomic E-state index is -1.10. The quantitative estimate of drug-likeness (QED) is 0.246. The predicted octanol–water partition coefficient (Wildman–Crippen LogP) is 4.85. The van der Waals surface area contributed by atoms with Crippen LogP contribution in [0.1, 0.15) is 34.7 Å². The molecule has 3 aromatic carbocycles. The van der Waals surface area contributed by atoms with Crippen molar-refractivity contribution in [2.45, 2.75) is 31.9 Å². The minimum absolute atomic E-state index is 0.0667. The molecule has 0 bridgehead atoms. The van der Waals surface area contributed by atoms with Crippen LogP contribution in [0.4, 0.5) is 4.79 Å². The average molecular weight is 469 g/mol. The molecule has 7 heteroatoms. The van der Waals surface area contributed by atoms with Gasteiger partial charge in [0.2, 0.25) is 0 Å². The van der Waals surface area contributed by atoms with Gasteiger partial charge in [0.25, 0.3) is 0 Å². The average Bonchev–Trinajstić information content (AvgIpc) is 3.38. The number of fused-ring (bicyclic) bond motifs is 3. The Morgan fingerprint density at radius 1 is 0.914 bits per heavy atom. The number of benzene rings is 3. The smallest absolute Gasteiger partial charge is 0.408 e. The number of rotatable bonds is 6. The van der Waals surface area contributed by atoms with Crippen LogP contribution in [-0.2, 0) is 29.0 Å². The molecule has 7 nitrogen and oxygen atoms in total. The Morgan fingerprint density at radius 3 is 2.40 bits per heavy atom. The van der Waals surface area contributed by atoms with E-state index < -0.39 is 18.1 Å². The highest BCUT2D eigenvalue weighted by Crippen LogP contribution is 2.30. The van der Waals surface area contributed by atoms with Crippen LogP contribution in [0.5, 0.6) is 5.75 Å². The highest BCUT2D eigenvalue weighted by atomic mass is 16.6. The summed E-state index contributed by atoms with van der Waals surface area (Å²) in [7, 11) is 0. The number of carbonyl (C=O) groups is 2. The number of hydrogen-bond acceptors (Lipinski definition) is 6. The fourth-order valence-electron chi connectivity index (χ4n) is 4.31. The molecule has 1 amide bonds. The fraction of sp³-hybridized carbons (Fsp3) is 0.179. The molecule has 0 saturated carbocycles. The maximum atomic E-state index is 13.1. The highest BCUT2D eigenvalue weighted by Gasteiger charge is 2.26. The molecule has 4 aromatic rings. The minimum Gasteiger partial charge on any atom is -0.445 e. The summed E-state index contributed by atoms with van der Waals surface area (Å²) in [5.41, 5.74) is 3.11. The number of amides is 1. The van der Waals surface area contributed by atoms with Crippen molar-refractivity contribution < 1.29 is 23.5 Å². The summed E-state index contributed by atoms with van der Waals surface area (Å²) >= 11 is 0. The molecule has 176 valence electrons. The summed E-state index contributed by atoms with van der Waals surface area (Å²) in [6.45, 7) is 0.0667. The number of hydrogen-bond donors (Lipinski definition) is 1. The van der Waals surface area contributed by atoms with Crippen molar-refractivity contribution in [3.63, 3.8) is 0 Å². The zero-order valence-corrected chi connectivity index (χ0v) is 18.9. The first kappa shape index (κ1) is 22.4. The zero-order chi connectivity index (χ0) is 24.2. The van der Waals surface area contributed by atoms with Gasteiger partial charge < -0.3 is 19.2 Å². The molecule has 1 heterocycles. The van der Waals surface area contributed by atoms with E-state index in [1.165, 1.54) is 6.07 Å². The summed E-state index contributed by atoms with van der Waals surface area (Å²) < 4.78 is 16.4. The Kier molecular flexibility index (Phi) is 6.30. The van der Waals surface area contributed by atoms with E-state index in [-0.39, 0.29) is 18.0 Å². The Hall–Kier alpha value is -4.39. The lowest BCUT2D eigenvalue weighted by atomic mass is 10.1. The van der Waals surface area contributed by atoms with E-state index in [1.54, 1.807) is 36.4 Å². The molecule has 1 N–H and O–H groups in total. The third-order valence-corrected chi connectivity index (χ3v) is 6.01. The topological polar surface area (TPSA) is 94.8 Å². The SMILES string of the molecule is O=C(NC(C(=O)Oc1ccc2c3c(c(=O)oc2c1)CCC3)c1ccccc1)OCc1ccccc1. The molecule has 1 unspecified atom stereocenters. The van der Waals surface area contributed by atoms with Gasteiger partial charge in [0.15, 0.2) is 6.04 Å². The summed E-state index contributed by atoms with van der Waals surface area (Å²) in [5.74, 6) is -0.486. The molecule has 0 fully saturated rings. The van der Waals surface area contributed by atoms with Crippen molar-refractivity contribution in [1.29, 1.82) is 0 Å². The van der Waals surface area contributed by atoms with E-state index in [9.17, 15) is 14.4 Å². The monoisotopic (exact) mass is 469 g/mol. The number of ether oxygens (including phenoxy) is 2. The van der Waals surface area contributed by atoms with Crippen LogP contribution in [0.3, 0.4) is 0 Å². The lowest BCUT2D eigenvalue weighted by molar-refractivity contribution is -0.136. The molecule has 1 atom stereocenters. The predicted molar refractivity (Wildman–Crippen MR) is 129 cm³/mol. The van der Waals surface area contributed by atoms with Gasteiger partial charge in [0.05, 0.1) is 0 Å². The van der Waals surface area contributed by atoms with Crippen molar-refractivity contribution in [2.24, 2.45) is 0 Å². The summed E-state index contributed by atoms with van der Waals surface area (Å²) in [6.07, 6.45) is 1.71. The molecule has 0 saturated heterocycles. The van der Waals surface area contributed by atoms with Crippen molar-refractivity contribution in [3.8, 4) is 5.75 Å². The van der Waals surface area contributed by atoms with Crippen molar-refractivity contribution in [3.05, 3.63) is 112 Å². The highest BCUT2D eigenvalue weighted by molar-refractivity contribution is 5.87. The second-order valence-corrected chi connectivity index (χ2v) is 8.33. The van der Waals surface area contributed by atoms with Gasteiger partial charge in [-0.3, -0.25) is 0 Å². The van der Waals surface area contributed by atoms with Gasteiger partial charge in [-0.15, -0.1) is 0 Å². The van der Waals surface area contributed by atoms with Gasteiger partial charge in [-0.05, 0) is 48.1 Å². The molecular formula is C28H23NO6. The van der Waals surface area contributed by atoms with Crippen LogP contribution >= 0.6 is 0 Å². The van der Waals surface area contributed by atoms with E-state index in [0.29, 0.717) is 11.1 Å². The lowest BCUT2D eigenvalue weighted by Crippen LogP contribution is -2.36. The summed E-state index contributed by atoms with van der Waals surface area (Å²) in [6, 6.07) is 21.9. The zero-order valence-electron chi connectivity index (χ0n) is 18.9. The first-order chi connectivity index (χ1) is 17.1. The Morgan fingerprint density at radius 2 is 1.63 bits per heavy atom. The molecule has 0 spiro atoms. The first-order valence-corrected chi connectivity index (χ1v) is 11.4. The van der Waals surface area contributed by atoms with Crippen LogP contribution < -0.4 is 15.7 Å². The van der Waals surface area contributed by atoms with Crippen molar-refractivity contribution in [2.75, 3.05) is 0 Å². The standard InChI is InChI=1S/C28H23NO6/c30-26-23-13-7-12-21(23)22-15-14-20(16-24(22)35-26)34-27(31)25(19-10-5-2-6-11-19)29-28(32)33-17-18-8-3-1-4-9-18/h1-6,8-11,14-16,25H,7,12-13,17H2,(H,29,32). The molecule has 35 heavy (non-hydrogen) atoms. The van der Waals surface area contributed by atoms with E-state index in [4.69, 9.17) is 13.9 Å². The molecular weight excluding hydrogens is 446 g/mol. The molecule has 5 rings (SSSR count). The third-order valence-electron chi connectivity index (χ3n) is 6.01. The van der Waals surface area contributed by atoms with Crippen LogP contribution in [0.2, 0.25) is 0 Å². The van der Waals surface area contributed by atoms with Gasteiger partial charge in [-0.1, -0.05) is 60.7 Å². The largest absolute Gasteiger partial charge is 0.445 e. The van der Waals surface area contributed by atoms with Crippen molar-refractivity contribution in [1.82, 2.24) is 5.32 Å². The van der Waals surface area contributed by atoms with E-state index >= 15 is 0 Å². The molecule has 1 aromatic heterocycles. The van der Waals surface area contributed by atoms with Gasteiger partial charge in [-0.25, -0.2) is 14.4 Å². The lowest BCUT2D eigenvalue weighted by Gasteiger charge is -2.18. The molecule has 1 aliphatic carbocycles. The third kappa shape index (κ3) is 4.94. The van der Waals surface area contributed by atoms with Gasteiger partial charge in [0, 0.05) is 17.0 Å². The van der Waals surface area contributed by atoms with Crippen LogP contribution in [0.25, 0.3) is 11.0 Å². The number of alkyl carbamates (subject to hydrolysis) is 1. The molecule has 0 aliphatic heterocycles. The number of aryl methyl sites for hydroxylation is 1. The molecule has 0 radical (unpaired) electrons. The second-order valence-electron chi connectivity index (χ2n) is 8.33. The van der Waals surface area contributed by atoms with Crippen LogP contribution in [-0.4, -0.2) is 12.1 Å². The summed E-state index contributed by atoms with van der Waals surface area (Å²) in [4.78, 5) is 37.9. The van der Waals surface area contributed by atoms with Gasteiger partial charge in [0.1, 0.15) is 17.9 Å². The number of nitrogens with one attached hydrogen (secondary N) is 1. The maximum absolute atomic E-state index is 13.1. The van der Waals surface area contributed by atoms with Crippen LogP contribution in [0.15, 0.2) is 88.1 Å². The van der Waals surface area contributed by atoms with Gasteiger partial charge in [-0.2, -0.15) is 0 Å². The van der Waals surface area contributed by atoms with Gasteiger partial charge >= 0.3 is 17.7 Å².